The summed E-state index contributed by atoms with van der Waals surface area (Å²) in [5.74, 6) is 0.925. The first kappa shape index (κ1) is 19.9. The first-order valence-electron chi connectivity index (χ1n) is 8.23. The fraction of sp³-hybridized carbons (Fsp3) is 0.368. The van der Waals surface area contributed by atoms with E-state index < -0.39 is 9.84 Å². The molecule has 0 radical (unpaired) electrons. The second kappa shape index (κ2) is 8.32. The number of nitrogens with two attached hydrogens (primary N) is 1. The highest BCUT2D eigenvalue weighted by Crippen LogP contribution is 2.32. The Hall–Kier alpha value is -1.40. The zero-order valence-electron chi connectivity index (χ0n) is 14.3. The van der Waals surface area contributed by atoms with Crippen molar-refractivity contribution in [1.82, 2.24) is 4.90 Å². The van der Waals surface area contributed by atoms with Gasteiger partial charge in [0.25, 0.3) is 0 Å². The molecule has 136 valence electrons. The second-order valence-electron chi connectivity index (χ2n) is 6.62. The molecule has 2 aromatic carbocycles. The lowest BCUT2D eigenvalue weighted by molar-refractivity contribution is 0.317. The molecule has 1 saturated heterocycles. The van der Waals surface area contributed by atoms with Crippen molar-refractivity contribution in [2.24, 2.45) is 11.7 Å². The van der Waals surface area contributed by atoms with Crippen LogP contribution >= 0.6 is 12.4 Å². The summed E-state index contributed by atoms with van der Waals surface area (Å²) in [4.78, 5) is 2.78. The van der Waals surface area contributed by atoms with Crippen LogP contribution in [0.2, 0.25) is 0 Å². The summed E-state index contributed by atoms with van der Waals surface area (Å²) in [5, 5.41) is 0. The van der Waals surface area contributed by atoms with Gasteiger partial charge in [-0.3, -0.25) is 4.90 Å². The summed E-state index contributed by atoms with van der Waals surface area (Å²) in [6.07, 6.45) is 1.23. The standard InChI is InChI=1S/C19H24N2O2S.ClH/c1-24(22,23)18-9-7-15(8-10-18)12-21-13-17(11-20)19(14-21)16-5-3-2-4-6-16;/h2-10,17,19H,11-14,20H2,1H3;1H/t17-,19+;/m1./s1. The van der Waals surface area contributed by atoms with E-state index in [9.17, 15) is 8.42 Å². The fourth-order valence-corrected chi connectivity index (χ4v) is 4.14. The zero-order chi connectivity index (χ0) is 17.2. The zero-order valence-corrected chi connectivity index (χ0v) is 16.0. The smallest absolute Gasteiger partial charge is 0.175 e. The van der Waals surface area contributed by atoms with Crippen LogP contribution in [0.4, 0.5) is 0 Å². The molecule has 0 aliphatic carbocycles. The first-order valence-corrected chi connectivity index (χ1v) is 10.1. The van der Waals surface area contributed by atoms with Crippen molar-refractivity contribution in [3.8, 4) is 0 Å². The number of rotatable bonds is 5. The molecule has 3 rings (SSSR count). The Morgan fingerprint density at radius 1 is 1.04 bits per heavy atom. The molecule has 0 aromatic heterocycles. The fourth-order valence-electron chi connectivity index (χ4n) is 3.51. The Bertz CT molecular complexity index is 779. The highest BCUT2D eigenvalue weighted by Gasteiger charge is 2.32. The van der Waals surface area contributed by atoms with Crippen LogP contribution < -0.4 is 5.73 Å². The van der Waals surface area contributed by atoms with E-state index in [4.69, 9.17) is 5.73 Å². The molecule has 0 amide bonds. The van der Waals surface area contributed by atoms with Crippen LogP contribution in [0, 0.1) is 5.92 Å². The number of benzene rings is 2. The van der Waals surface area contributed by atoms with Gasteiger partial charge in [-0.15, -0.1) is 12.4 Å². The summed E-state index contributed by atoms with van der Waals surface area (Å²) in [7, 11) is -3.13. The van der Waals surface area contributed by atoms with Gasteiger partial charge in [-0.2, -0.15) is 0 Å². The van der Waals surface area contributed by atoms with Gasteiger partial charge in [0.1, 0.15) is 0 Å². The van der Waals surface area contributed by atoms with Crippen molar-refractivity contribution in [3.05, 3.63) is 65.7 Å². The lowest BCUT2D eigenvalue weighted by Gasteiger charge is -2.17. The molecule has 0 unspecified atom stereocenters. The van der Waals surface area contributed by atoms with Gasteiger partial charge in [-0.25, -0.2) is 8.42 Å². The van der Waals surface area contributed by atoms with Crippen LogP contribution in [-0.4, -0.2) is 39.2 Å². The minimum absolute atomic E-state index is 0. The van der Waals surface area contributed by atoms with Gasteiger partial charge in [-0.05, 0) is 35.7 Å². The number of halogens is 1. The summed E-state index contributed by atoms with van der Waals surface area (Å²) in [5.41, 5.74) is 8.47. The maximum atomic E-state index is 11.5. The van der Waals surface area contributed by atoms with Crippen LogP contribution in [0.25, 0.3) is 0 Å². The number of likely N-dealkylation sites (tertiary alicyclic amines) is 1. The molecule has 1 heterocycles. The maximum Gasteiger partial charge on any atom is 0.175 e. The Morgan fingerprint density at radius 3 is 2.24 bits per heavy atom. The van der Waals surface area contributed by atoms with E-state index >= 15 is 0 Å². The third kappa shape index (κ3) is 4.82. The summed E-state index contributed by atoms with van der Waals surface area (Å²) >= 11 is 0. The summed E-state index contributed by atoms with van der Waals surface area (Å²) in [6.45, 7) is 3.47. The average Bonchev–Trinajstić information content (AvgIpc) is 2.98. The highest BCUT2D eigenvalue weighted by molar-refractivity contribution is 7.90. The summed E-state index contributed by atoms with van der Waals surface area (Å²) < 4.78 is 23.1. The predicted molar refractivity (Wildman–Crippen MR) is 104 cm³/mol. The monoisotopic (exact) mass is 380 g/mol. The molecule has 4 nitrogen and oxygen atoms in total. The Morgan fingerprint density at radius 2 is 1.68 bits per heavy atom. The molecule has 6 heteroatoms. The Balaban J connectivity index is 0.00000225. The van der Waals surface area contributed by atoms with Gasteiger partial charge in [0.05, 0.1) is 4.90 Å². The second-order valence-corrected chi connectivity index (χ2v) is 8.64. The number of hydrogen-bond donors (Lipinski definition) is 1. The van der Waals surface area contributed by atoms with Crippen LogP contribution in [-0.2, 0) is 16.4 Å². The lowest BCUT2D eigenvalue weighted by Crippen LogP contribution is -2.23. The number of sulfone groups is 1. The SMILES string of the molecule is CS(=O)(=O)c1ccc(CN2C[C@@H](CN)[C@H](c3ccccc3)C2)cc1.Cl. The summed E-state index contributed by atoms with van der Waals surface area (Å²) in [6, 6.07) is 17.7. The van der Waals surface area contributed by atoms with Crippen molar-refractivity contribution >= 4 is 22.2 Å². The minimum Gasteiger partial charge on any atom is -0.330 e. The van der Waals surface area contributed by atoms with Crippen molar-refractivity contribution in [1.29, 1.82) is 0 Å². The van der Waals surface area contributed by atoms with E-state index in [2.05, 4.69) is 29.2 Å². The molecule has 2 N–H and O–H groups in total. The van der Waals surface area contributed by atoms with Gasteiger partial charge in [-0.1, -0.05) is 42.5 Å². The Kier molecular flexibility index (Phi) is 6.63. The van der Waals surface area contributed by atoms with Crippen molar-refractivity contribution in [2.75, 3.05) is 25.9 Å². The maximum absolute atomic E-state index is 11.5. The molecule has 1 aliphatic heterocycles. The molecular formula is C19H25ClN2O2S. The Labute approximate surface area is 156 Å². The van der Waals surface area contributed by atoms with Crippen LogP contribution in [0.15, 0.2) is 59.5 Å². The quantitative estimate of drug-likeness (QED) is 0.866. The molecule has 1 aliphatic rings. The average molecular weight is 381 g/mol. The molecule has 2 aromatic rings. The molecular weight excluding hydrogens is 356 g/mol. The number of nitrogens with zero attached hydrogens (tertiary/aromatic N) is 1. The van der Waals surface area contributed by atoms with Crippen molar-refractivity contribution in [3.63, 3.8) is 0 Å². The molecule has 25 heavy (non-hydrogen) atoms. The van der Waals surface area contributed by atoms with E-state index in [0.29, 0.717) is 23.3 Å². The van der Waals surface area contributed by atoms with E-state index in [1.807, 2.05) is 18.2 Å². The van der Waals surface area contributed by atoms with Crippen molar-refractivity contribution < 1.29 is 8.42 Å². The highest BCUT2D eigenvalue weighted by atomic mass is 35.5. The van der Waals surface area contributed by atoms with Gasteiger partial charge in [0.2, 0.25) is 0 Å². The third-order valence-corrected chi connectivity index (χ3v) is 5.93. The number of hydrogen-bond acceptors (Lipinski definition) is 4. The lowest BCUT2D eigenvalue weighted by atomic mass is 9.89. The van der Waals surface area contributed by atoms with Gasteiger partial charge >= 0.3 is 0 Å². The van der Waals surface area contributed by atoms with Gasteiger partial charge in [0, 0.05) is 31.8 Å². The topological polar surface area (TPSA) is 63.4 Å². The molecule has 1 fully saturated rings. The predicted octanol–water partition coefficient (Wildman–Crippen LogP) is 2.69. The van der Waals surface area contributed by atoms with E-state index in [0.717, 1.165) is 25.2 Å². The van der Waals surface area contributed by atoms with Gasteiger partial charge < -0.3 is 5.73 Å². The molecule has 0 bridgehead atoms. The van der Waals surface area contributed by atoms with E-state index in [1.165, 1.54) is 11.8 Å². The molecule has 2 atom stereocenters. The molecule has 0 spiro atoms. The van der Waals surface area contributed by atoms with Crippen LogP contribution in [0.1, 0.15) is 17.0 Å². The van der Waals surface area contributed by atoms with E-state index in [-0.39, 0.29) is 12.4 Å². The first-order chi connectivity index (χ1) is 11.5. The normalized spacial score (nSPS) is 21.0. The largest absolute Gasteiger partial charge is 0.330 e. The van der Waals surface area contributed by atoms with E-state index in [1.54, 1.807) is 12.1 Å². The van der Waals surface area contributed by atoms with Gasteiger partial charge in [0.15, 0.2) is 9.84 Å². The van der Waals surface area contributed by atoms with Crippen LogP contribution in [0.3, 0.4) is 0 Å². The van der Waals surface area contributed by atoms with Crippen LogP contribution in [0.5, 0.6) is 0 Å². The third-order valence-electron chi connectivity index (χ3n) is 4.80. The minimum atomic E-state index is -3.13. The molecule has 0 saturated carbocycles. The van der Waals surface area contributed by atoms with Crippen molar-refractivity contribution in [2.45, 2.75) is 17.4 Å².